The number of pyridine rings is 2. The van der Waals surface area contributed by atoms with Crippen molar-refractivity contribution in [1.29, 1.82) is 0 Å². The van der Waals surface area contributed by atoms with Gasteiger partial charge in [-0.25, -0.2) is 9.97 Å². The Morgan fingerprint density at radius 1 is 0.510 bits per heavy atom. The minimum absolute atomic E-state index is 0.938. The summed E-state index contributed by atoms with van der Waals surface area (Å²) in [6.45, 7) is 2.24. The Kier molecular flexibility index (Phi) is 6.06. The number of para-hydroxylation sites is 4. The molecule has 230 valence electrons. The lowest BCUT2D eigenvalue weighted by atomic mass is 9.95. The molecule has 0 saturated heterocycles. The molecule has 7 aromatic carbocycles. The Morgan fingerprint density at radius 2 is 1.20 bits per heavy atom. The summed E-state index contributed by atoms with van der Waals surface area (Å²) >= 11 is 0. The van der Waals surface area contributed by atoms with Gasteiger partial charge in [-0.05, 0) is 89.7 Å². The van der Waals surface area contributed by atoms with Crippen LogP contribution < -0.4 is 4.90 Å². The molecule has 49 heavy (non-hydrogen) atoms. The molecule has 3 aromatic heterocycles. The third-order valence-corrected chi connectivity index (χ3v) is 9.90. The third-order valence-electron chi connectivity index (χ3n) is 9.90. The Balaban J connectivity index is 1.19. The Labute approximate surface area is 283 Å². The number of imidazole rings is 1. The van der Waals surface area contributed by atoms with Crippen LogP contribution in [-0.2, 0) is 0 Å². The van der Waals surface area contributed by atoms with Gasteiger partial charge in [-0.2, -0.15) is 0 Å². The van der Waals surface area contributed by atoms with Crippen molar-refractivity contribution in [1.82, 2.24) is 14.4 Å². The molecule has 0 aliphatic heterocycles. The van der Waals surface area contributed by atoms with Gasteiger partial charge >= 0.3 is 0 Å². The number of rotatable bonds is 4. The SMILES string of the molecule is Cc1c(-c2ccc(N(c3ccccc3)c3cccc4ccccc34)cc2)ccc2c1c1nc3ccccc3cc1c1nc3ccccc3n21. The number of benzene rings is 7. The molecule has 4 nitrogen and oxygen atoms in total. The number of hydrogen-bond acceptors (Lipinski definition) is 3. The second kappa shape index (κ2) is 10.8. The van der Waals surface area contributed by atoms with Gasteiger partial charge in [0, 0.05) is 32.9 Å². The highest BCUT2D eigenvalue weighted by Crippen LogP contribution is 2.41. The van der Waals surface area contributed by atoms with Crippen molar-refractivity contribution >= 4 is 77.2 Å². The van der Waals surface area contributed by atoms with Crippen LogP contribution in [0.25, 0.3) is 71.3 Å². The first-order valence-corrected chi connectivity index (χ1v) is 16.7. The fraction of sp³-hybridized carbons (Fsp3) is 0.0222. The Bertz CT molecular complexity index is 2880. The van der Waals surface area contributed by atoms with E-state index < -0.39 is 0 Å². The van der Waals surface area contributed by atoms with E-state index in [1.807, 2.05) is 0 Å². The third kappa shape index (κ3) is 4.24. The van der Waals surface area contributed by atoms with Crippen molar-refractivity contribution < 1.29 is 0 Å². The van der Waals surface area contributed by atoms with E-state index in [2.05, 4.69) is 180 Å². The van der Waals surface area contributed by atoms with Crippen molar-refractivity contribution in [2.24, 2.45) is 0 Å². The van der Waals surface area contributed by atoms with E-state index >= 15 is 0 Å². The Hall–Kier alpha value is -6.52. The van der Waals surface area contributed by atoms with Crippen molar-refractivity contribution in [3.63, 3.8) is 0 Å². The molecular formula is C45H30N4. The highest BCUT2D eigenvalue weighted by Gasteiger charge is 2.20. The van der Waals surface area contributed by atoms with Gasteiger partial charge in [0.2, 0.25) is 0 Å². The standard InChI is InChI=1S/C45H30N4/c1-29-35(31-22-24-34(25-23-31)48(33-15-3-2-4-16-33)40-21-11-14-30-12-5-7-17-36(30)40)26-27-42-43(29)44-37(28-32-13-6-8-18-38(32)46-44)45-47-39-19-9-10-20-41(39)49(42)45/h2-28H,1H3. The number of nitrogens with zero attached hydrogens (tertiary/aromatic N) is 4. The first kappa shape index (κ1) is 27.6. The Morgan fingerprint density at radius 3 is 2.06 bits per heavy atom. The van der Waals surface area contributed by atoms with Crippen LogP contribution in [0.4, 0.5) is 17.1 Å². The van der Waals surface area contributed by atoms with Crippen LogP contribution in [-0.4, -0.2) is 14.4 Å². The number of aromatic nitrogens is 3. The second-order valence-electron chi connectivity index (χ2n) is 12.7. The molecule has 0 fully saturated rings. The van der Waals surface area contributed by atoms with Crippen LogP contribution in [0.2, 0.25) is 0 Å². The summed E-state index contributed by atoms with van der Waals surface area (Å²) in [4.78, 5) is 12.8. The van der Waals surface area contributed by atoms with Crippen LogP contribution in [0.1, 0.15) is 5.56 Å². The predicted molar refractivity (Wildman–Crippen MR) is 205 cm³/mol. The molecule has 10 rings (SSSR count). The monoisotopic (exact) mass is 626 g/mol. The normalized spacial score (nSPS) is 11.8. The summed E-state index contributed by atoms with van der Waals surface area (Å²) < 4.78 is 2.31. The lowest BCUT2D eigenvalue weighted by Crippen LogP contribution is -2.10. The molecule has 0 atom stereocenters. The molecular weight excluding hydrogens is 597 g/mol. The molecule has 0 aliphatic rings. The molecule has 0 unspecified atom stereocenters. The topological polar surface area (TPSA) is 33.4 Å². The molecule has 4 heteroatoms. The van der Waals surface area contributed by atoms with Gasteiger partial charge in [0.1, 0.15) is 5.65 Å². The van der Waals surface area contributed by atoms with Gasteiger partial charge in [-0.3, -0.25) is 4.40 Å². The van der Waals surface area contributed by atoms with E-state index in [-0.39, 0.29) is 0 Å². The summed E-state index contributed by atoms with van der Waals surface area (Å²) in [6, 6.07) is 58.2. The molecule has 0 radical (unpaired) electrons. The number of fused-ring (bicyclic) bond motifs is 10. The van der Waals surface area contributed by atoms with Crippen molar-refractivity contribution in [3.05, 3.63) is 169 Å². The minimum atomic E-state index is 0.938. The highest BCUT2D eigenvalue weighted by molar-refractivity contribution is 6.16. The van der Waals surface area contributed by atoms with E-state index in [0.29, 0.717) is 0 Å². The minimum Gasteiger partial charge on any atom is -0.310 e. The number of hydrogen-bond donors (Lipinski definition) is 0. The van der Waals surface area contributed by atoms with Crippen LogP contribution in [0.15, 0.2) is 164 Å². The van der Waals surface area contributed by atoms with Crippen LogP contribution in [0, 0.1) is 6.92 Å². The maximum Gasteiger partial charge on any atom is 0.147 e. The fourth-order valence-electron chi connectivity index (χ4n) is 7.62. The van der Waals surface area contributed by atoms with Gasteiger partial charge in [0.15, 0.2) is 0 Å². The maximum absolute atomic E-state index is 5.29. The zero-order valence-corrected chi connectivity index (χ0v) is 26.9. The lowest BCUT2D eigenvalue weighted by Gasteiger charge is -2.27. The predicted octanol–water partition coefficient (Wildman–Crippen LogP) is 11.9. The van der Waals surface area contributed by atoms with E-state index in [4.69, 9.17) is 9.97 Å². The van der Waals surface area contributed by atoms with Gasteiger partial charge < -0.3 is 4.90 Å². The molecule has 3 heterocycles. The van der Waals surface area contributed by atoms with E-state index in [9.17, 15) is 0 Å². The van der Waals surface area contributed by atoms with Gasteiger partial charge in [0.25, 0.3) is 0 Å². The average molecular weight is 627 g/mol. The van der Waals surface area contributed by atoms with E-state index in [0.717, 1.165) is 66.5 Å². The smallest absolute Gasteiger partial charge is 0.147 e. The lowest BCUT2D eigenvalue weighted by molar-refractivity contribution is 1.29. The van der Waals surface area contributed by atoms with Crippen LogP contribution in [0.3, 0.4) is 0 Å². The van der Waals surface area contributed by atoms with Gasteiger partial charge in [0.05, 0.1) is 33.3 Å². The number of anilines is 3. The highest BCUT2D eigenvalue weighted by atomic mass is 15.1. The van der Waals surface area contributed by atoms with Crippen molar-refractivity contribution in [2.45, 2.75) is 6.92 Å². The molecule has 0 aliphatic carbocycles. The van der Waals surface area contributed by atoms with Gasteiger partial charge in [-0.1, -0.05) is 103 Å². The van der Waals surface area contributed by atoms with Gasteiger partial charge in [-0.15, -0.1) is 0 Å². The molecule has 0 amide bonds. The summed E-state index contributed by atoms with van der Waals surface area (Å²) in [5.74, 6) is 0. The summed E-state index contributed by atoms with van der Waals surface area (Å²) in [5, 5.41) is 5.76. The van der Waals surface area contributed by atoms with E-state index in [1.165, 1.54) is 27.5 Å². The maximum atomic E-state index is 5.29. The zero-order valence-electron chi connectivity index (χ0n) is 26.9. The van der Waals surface area contributed by atoms with Crippen molar-refractivity contribution in [2.75, 3.05) is 4.90 Å². The zero-order chi connectivity index (χ0) is 32.5. The molecule has 0 saturated carbocycles. The largest absolute Gasteiger partial charge is 0.310 e. The fourth-order valence-corrected chi connectivity index (χ4v) is 7.62. The second-order valence-corrected chi connectivity index (χ2v) is 12.7. The first-order chi connectivity index (χ1) is 24.2. The van der Waals surface area contributed by atoms with Crippen molar-refractivity contribution in [3.8, 4) is 11.1 Å². The summed E-state index contributed by atoms with van der Waals surface area (Å²) in [7, 11) is 0. The quantitative estimate of drug-likeness (QED) is 0.144. The summed E-state index contributed by atoms with van der Waals surface area (Å²) in [5.41, 5.74) is 13.0. The number of aryl methyl sites for hydroxylation is 1. The molecule has 0 spiro atoms. The molecule has 0 N–H and O–H groups in total. The molecule has 10 aromatic rings. The average Bonchev–Trinajstić information content (AvgIpc) is 3.55. The first-order valence-electron chi connectivity index (χ1n) is 16.7. The summed E-state index contributed by atoms with van der Waals surface area (Å²) in [6.07, 6.45) is 0. The van der Waals surface area contributed by atoms with Crippen LogP contribution in [0.5, 0.6) is 0 Å². The van der Waals surface area contributed by atoms with E-state index in [1.54, 1.807) is 0 Å². The van der Waals surface area contributed by atoms with Crippen LogP contribution >= 0.6 is 0 Å². The molecule has 0 bridgehead atoms.